The zero-order chi connectivity index (χ0) is 18.1. The first-order valence-corrected chi connectivity index (χ1v) is 6.98. The van der Waals surface area contributed by atoms with E-state index in [1.807, 2.05) is 0 Å². The number of esters is 1. The highest BCUT2D eigenvalue weighted by atomic mass is 35.5. The van der Waals surface area contributed by atoms with E-state index in [9.17, 15) is 24.5 Å². The van der Waals surface area contributed by atoms with Crippen LogP contribution in [0.25, 0.3) is 0 Å². The summed E-state index contributed by atoms with van der Waals surface area (Å²) in [6.07, 6.45) is 1.46. The van der Waals surface area contributed by atoms with Crippen molar-refractivity contribution in [3.63, 3.8) is 0 Å². The maximum atomic E-state index is 11.8. The van der Waals surface area contributed by atoms with Gasteiger partial charge in [-0.25, -0.2) is 0 Å². The van der Waals surface area contributed by atoms with Crippen LogP contribution in [0, 0.1) is 10.1 Å². The second kappa shape index (κ2) is 9.26. The first-order valence-electron chi connectivity index (χ1n) is 6.60. The van der Waals surface area contributed by atoms with E-state index in [1.54, 1.807) is 0 Å². The van der Waals surface area contributed by atoms with Crippen molar-refractivity contribution in [3.05, 3.63) is 51.6 Å². The van der Waals surface area contributed by atoms with Crippen LogP contribution >= 0.6 is 11.6 Å². The number of hydrogen-bond acceptors (Lipinski definition) is 6. The number of nitrogens with one attached hydrogen (secondary N) is 2. The van der Waals surface area contributed by atoms with Gasteiger partial charge in [0.05, 0.1) is 4.92 Å². The number of ether oxygens (including phenoxy) is 1. The number of nitrogens with zero attached hydrogens (tertiary/aromatic N) is 1. The second-order valence-corrected chi connectivity index (χ2v) is 4.77. The summed E-state index contributed by atoms with van der Waals surface area (Å²) in [5.74, 6) is -2.06. The van der Waals surface area contributed by atoms with Crippen LogP contribution in [0.1, 0.15) is 10.4 Å². The maximum Gasteiger partial charge on any atom is 0.325 e. The summed E-state index contributed by atoms with van der Waals surface area (Å²) in [6, 6.07) is 3.47. The Morgan fingerprint density at radius 1 is 1.33 bits per heavy atom. The summed E-state index contributed by atoms with van der Waals surface area (Å²) < 4.78 is 4.64. The Bertz CT molecular complexity index is 676. The molecule has 0 atom stereocenters. The Morgan fingerprint density at radius 2 is 2.04 bits per heavy atom. The van der Waals surface area contributed by atoms with Gasteiger partial charge in [-0.3, -0.25) is 24.5 Å². The van der Waals surface area contributed by atoms with E-state index in [-0.39, 0.29) is 17.1 Å². The van der Waals surface area contributed by atoms with E-state index in [2.05, 4.69) is 21.9 Å². The van der Waals surface area contributed by atoms with Gasteiger partial charge in [0.25, 0.3) is 17.5 Å². The monoisotopic (exact) mass is 355 g/mol. The molecule has 24 heavy (non-hydrogen) atoms. The number of benzene rings is 1. The van der Waals surface area contributed by atoms with Crippen LogP contribution in [0.3, 0.4) is 0 Å². The third-order valence-corrected chi connectivity index (χ3v) is 2.93. The third-order valence-electron chi connectivity index (χ3n) is 2.61. The molecule has 1 rings (SSSR count). The number of rotatable bonds is 8. The lowest BCUT2D eigenvalue weighted by atomic mass is 10.2. The molecule has 0 saturated heterocycles. The number of carbonyl (C=O) groups is 3. The number of nitro groups is 1. The summed E-state index contributed by atoms with van der Waals surface area (Å²) in [6.45, 7) is 2.66. The smallest absolute Gasteiger partial charge is 0.325 e. The standard InChI is InChI=1S/C14H14ClN3O6/c1-2-5-16-12(19)8-24-13(20)7-17-14(21)9-3-4-10(15)11(6-9)18(22)23/h2-4,6H,1,5,7-8H2,(H,16,19)(H,17,21). The predicted molar refractivity (Wildman–Crippen MR) is 84.6 cm³/mol. The van der Waals surface area contributed by atoms with Crippen molar-refractivity contribution in [3.8, 4) is 0 Å². The van der Waals surface area contributed by atoms with Crippen molar-refractivity contribution in [1.82, 2.24) is 10.6 Å². The normalized spacial score (nSPS) is 9.71. The molecule has 9 nitrogen and oxygen atoms in total. The van der Waals surface area contributed by atoms with Crippen molar-refractivity contribution in [2.75, 3.05) is 19.7 Å². The van der Waals surface area contributed by atoms with Gasteiger partial charge in [0.2, 0.25) is 0 Å². The molecule has 0 aliphatic rings. The molecule has 0 aromatic heterocycles. The van der Waals surface area contributed by atoms with Gasteiger partial charge in [0, 0.05) is 18.2 Å². The Balaban J connectivity index is 2.50. The molecule has 0 fully saturated rings. The van der Waals surface area contributed by atoms with Gasteiger partial charge in [0.1, 0.15) is 11.6 Å². The number of carbonyl (C=O) groups excluding carboxylic acids is 3. The Labute approximate surface area is 141 Å². The molecule has 0 aliphatic carbocycles. The van der Waals surface area contributed by atoms with Crippen LogP contribution < -0.4 is 10.6 Å². The number of amides is 2. The van der Waals surface area contributed by atoms with E-state index < -0.39 is 41.5 Å². The molecule has 0 bridgehead atoms. The summed E-state index contributed by atoms with van der Waals surface area (Å²) in [5, 5.41) is 15.3. The molecule has 0 aliphatic heterocycles. The summed E-state index contributed by atoms with van der Waals surface area (Å²) in [7, 11) is 0. The van der Waals surface area contributed by atoms with Crippen molar-refractivity contribution in [1.29, 1.82) is 0 Å². The molecule has 128 valence electrons. The Hall–Kier alpha value is -2.94. The fraction of sp³-hybridized carbons (Fsp3) is 0.214. The van der Waals surface area contributed by atoms with E-state index in [0.717, 1.165) is 6.07 Å². The van der Waals surface area contributed by atoms with Gasteiger partial charge in [-0.2, -0.15) is 0 Å². The van der Waals surface area contributed by atoms with Crippen LogP contribution in [-0.4, -0.2) is 42.4 Å². The minimum absolute atomic E-state index is 0.0392. The average molecular weight is 356 g/mol. The zero-order valence-electron chi connectivity index (χ0n) is 12.4. The quantitative estimate of drug-likeness (QED) is 0.307. The number of halogens is 1. The molecule has 0 unspecified atom stereocenters. The van der Waals surface area contributed by atoms with Crippen molar-refractivity contribution < 1.29 is 24.0 Å². The Kier molecular flexibility index (Phi) is 7.37. The molecule has 10 heteroatoms. The molecule has 1 aromatic carbocycles. The zero-order valence-corrected chi connectivity index (χ0v) is 13.2. The van der Waals surface area contributed by atoms with Crippen molar-refractivity contribution in [2.45, 2.75) is 0 Å². The molecule has 2 N–H and O–H groups in total. The molecular formula is C14H14ClN3O6. The topological polar surface area (TPSA) is 128 Å². The number of hydrogen-bond donors (Lipinski definition) is 2. The van der Waals surface area contributed by atoms with Crippen LogP contribution in [0.4, 0.5) is 5.69 Å². The fourth-order valence-electron chi connectivity index (χ4n) is 1.48. The summed E-state index contributed by atoms with van der Waals surface area (Å²) in [4.78, 5) is 44.5. The molecule has 0 radical (unpaired) electrons. The van der Waals surface area contributed by atoms with Crippen LogP contribution in [0.5, 0.6) is 0 Å². The SMILES string of the molecule is C=CCNC(=O)COC(=O)CNC(=O)c1ccc(Cl)c([N+](=O)[O-])c1. The lowest BCUT2D eigenvalue weighted by Gasteiger charge is -2.07. The molecule has 2 amide bonds. The first kappa shape index (κ1) is 19.1. The lowest BCUT2D eigenvalue weighted by molar-refractivity contribution is -0.384. The summed E-state index contributed by atoms with van der Waals surface area (Å²) >= 11 is 5.64. The largest absolute Gasteiger partial charge is 0.454 e. The molecule has 1 aromatic rings. The molecular weight excluding hydrogens is 342 g/mol. The third kappa shape index (κ3) is 6.05. The average Bonchev–Trinajstić information content (AvgIpc) is 2.55. The van der Waals surface area contributed by atoms with Gasteiger partial charge in [-0.05, 0) is 12.1 Å². The van der Waals surface area contributed by atoms with Crippen LogP contribution in [-0.2, 0) is 14.3 Å². The number of nitro benzene ring substituents is 1. The van der Waals surface area contributed by atoms with E-state index in [1.165, 1.54) is 18.2 Å². The lowest BCUT2D eigenvalue weighted by Crippen LogP contribution is -2.34. The fourth-order valence-corrected chi connectivity index (χ4v) is 1.67. The van der Waals surface area contributed by atoms with Gasteiger partial charge in [-0.1, -0.05) is 17.7 Å². The highest BCUT2D eigenvalue weighted by Gasteiger charge is 2.17. The van der Waals surface area contributed by atoms with Gasteiger partial charge < -0.3 is 15.4 Å². The van der Waals surface area contributed by atoms with Crippen LogP contribution in [0.2, 0.25) is 5.02 Å². The highest BCUT2D eigenvalue weighted by molar-refractivity contribution is 6.32. The molecule has 0 spiro atoms. The van der Waals surface area contributed by atoms with E-state index >= 15 is 0 Å². The maximum absolute atomic E-state index is 11.8. The summed E-state index contributed by atoms with van der Waals surface area (Å²) in [5.41, 5.74) is -0.464. The van der Waals surface area contributed by atoms with E-state index in [4.69, 9.17) is 11.6 Å². The van der Waals surface area contributed by atoms with Gasteiger partial charge in [-0.15, -0.1) is 6.58 Å². The second-order valence-electron chi connectivity index (χ2n) is 4.36. The van der Waals surface area contributed by atoms with Gasteiger partial charge >= 0.3 is 5.97 Å². The highest BCUT2D eigenvalue weighted by Crippen LogP contribution is 2.24. The Morgan fingerprint density at radius 3 is 2.67 bits per heavy atom. The molecule has 0 heterocycles. The predicted octanol–water partition coefficient (Wildman–Crippen LogP) is 0.823. The minimum atomic E-state index is -0.833. The molecule has 0 saturated carbocycles. The van der Waals surface area contributed by atoms with Gasteiger partial charge in [0.15, 0.2) is 6.61 Å². The van der Waals surface area contributed by atoms with Crippen molar-refractivity contribution >= 4 is 35.1 Å². The van der Waals surface area contributed by atoms with Crippen LogP contribution in [0.15, 0.2) is 30.9 Å². The van der Waals surface area contributed by atoms with E-state index in [0.29, 0.717) is 0 Å². The first-order chi connectivity index (χ1) is 11.3. The minimum Gasteiger partial charge on any atom is -0.454 e. The van der Waals surface area contributed by atoms with Crippen molar-refractivity contribution in [2.24, 2.45) is 0 Å².